The molecule has 0 unspecified atom stereocenters. The fourth-order valence-electron chi connectivity index (χ4n) is 3.24. The zero-order chi connectivity index (χ0) is 20.0. The molecule has 0 amide bonds. The predicted octanol–water partition coefficient (Wildman–Crippen LogP) is 6.47. The van der Waals surface area contributed by atoms with Crippen molar-refractivity contribution < 1.29 is 4.74 Å². The van der Waals surface area contributed by atoms with Crippen LogP contribution in [0, 0.1) is 0 Å². The van der Waals surface area contributed by atoms with E-state index in [1.807, 2.05) is 24.4 Å². The maximum absolute atomic E-state index is 5.48. The molecule has 2 rings (SSSR count). The zero-order valence-corrected chi connectivity index (χ0v) is 17.3. The van der Waals surface area contributed by atoms with Gasteiger partial charge in [-0.05, 0) is 44.2 Å². The summed E-state index contributed by atoms with van der Waals surface area (Å²) in [5, 5.41) is 0. The molecular weight excluding hydrogens is 346 g/mol. The van der Waals surface area contributed by atoms with Gasteiger partial charge in [0, 0.05) is 24.5 Å². The van der Waals surface area contributed by atoms with Crippen molar-refractivity contribution in [2.24, 2.45) is 4.99 Å². The second-order valence-corrected chi connectivity index (χ2v) is 7.12. The molecule has 2 aromatic rings. The maximum Gasteiger partial charge on any atom is 0.146 e. The Labute approximate surface area is 169 Å². The highest BCUT2D eigenvalue weighted by Crippen LogP contribution is 2.26. The van der Waals surface area contributed by atoms with Crippen LogP contribution in [-0.4, -0.2) is 29.8 Å². The van der Waals surface area contributed by atoms with E-state index in [9.17, 15) is 0 Å². The van der Waals surface area contributed by atoms with Crippen LogP contribution in [0.25, 0.3) is 11.4 Å². The third-order valence-electron chi connectivity index (χ3n) is 4.85. The summed E-state index contributed by atoms with van der Waals surface area (Å²) in [6.45, 7) is 8.23. The standard InChI is InChI=1S/C24H35N3O/c1-4-6-8-9-10-11-12-13-14-20-15-16-21(26-20)22-18-24(28-3)23(27-22)19-25-17-7-5-2/h4-5,15-16,18-19,26-27H,1-2,6-14,17H2,3H3. The predicted molar refractivity (Wildman–Crippen MR) is 121 cm³/mol. The van der Waals surface area contributed by atoms with E-state index in [0.29, 0.717) is 0 Å². The molecule has 2 N–H and O–H groups in total. The second kappa shape index (κ2) is 12.8. The molecule has 4 nitrogen and oxygen atoms in total. The fourth-order valence-corrected chi connectivity index (χ4v) is 3.24. The molecule has 0 aliphatic rings. The number of nitrogens with zero attached hydrogens (tertiary/aromatic N) is 1. The Kier molecular flexibility index (Phi) is 9.98. The smallest absolute Gasteiger partial charge is 0.146 e. The van der Waals surface area contributed by atoms with Crippen molar-refractivity contribution in [3.8, 4) is 17.1 Å². The number of hydrogen-bond donors (Lipinski definition) is 2. The van der Waals surface area contributed by atoms with Crippen LogP contribution in [0.2, 0.25) is 0 Å². The number of unbranched alkanes of at least 4 members (excludes halogenated alkanes) is 6. The number of hydrogen-bond acceptors (Lipinski definition) is 2. The molecule has 152 valence electrons. The molecule has 0 atom stereocenters. The lowest BCUT2D eigenvalue weighted by Gasteiger charge is -2.01. The van der Waals surface area contributed by atoms with Crippen LogP contribution < -0.4 is 4.74 Å². The van der Waals surface area contributed by atoms with Crippen molar-refractivity contribution in [1.29, 1.82) is 0 Å². The summed E-state index contributed by atoms with van der Waals surface area (Å²) in [6.07, 6.45) is 16.6. The average Bonchev–Trinajstić information content (AvgIpc) is 3.34. The van der Waals surface area contributed by atoms with Crippen molar-refractivity contribution in [1.82, 2.24) is 9.97 Å². The molecule has 0 spiro atoms. The number of nitrogens with one attached hydrogen (secondary N) is 2. The summed E-state index contributed by atoms with van der Waals surface area (Å²) in [6, 6.07) is 6.34. The minimum atomic E-state index is 0.738. The summed E-state index contributed by atoms with van der Waals surface area (Å²) < 4.78 is 5.48. The Morgan fingerprint density at radius 1 is 0.929 bits per heavy atom. The number of allylic oxidation sites excluding steroid dienone is 1. The average molecular weight is 382 g/mol. The van der Waals surface area contributed by atoms with Crippen molar-refractivity contribution in [2.45, 2.75) is 57.8 Å². The lowest BCUT2D eigenvalue weighted by atomic mass is 10.1. The van der Waals surface area contributed by atoms with E-state index in [2.05, 4.69) is 40.3 Å². The third-order valence-corrected chi connectivity index (χ3v) is 4.85. The Hall–Kier alpha value is -2.49. The van der Waals surface area contributed by atoms with Gasteiger partial charge in [-0.25, -0.2) is 0 Å². The van der Waals surface area contributed by atoms with Crippen LogP contribution >= 0.6 is 0 Å². The molecule has 0 aliphatic heterocycles. The molecule has 0 radical (unpaired) electrons. The molecule has 0 saturated carbocycles. The number of ether oxygens (including phenoxy) is 1. The van der Waals surface area contributed by atoms with E-state index in [-0.39, 0.29) is 0 Å². The molecule has 0 aliphatic carbocycles. The van der Waals surface area contributed by atoms with Gasteiger partial charge < -0.3 is 14.7 Å². The summed E-state index contributed by atoms with van der Waals surface area (Å²) in [4.78, 5) is 11.3. The number of methoxy groups -OCH3 is 1. The Balaban J connectivity index is 1.82. The van der Waals surface area contributed by atoms with Crippen LogP contribution in [0.1, 0.15) is 62.8 Å². The monoisotopic (exact) mass is 381 g/mol. The molecule has 0 aromatic carbocycles. The second-order valence-electron chi connectivity index (χ2n) is 7.12. The fraction of sp³-hybridized carbons (Fsp3) is 0.458. The topological polar surface area (TPSA) is 53.2 Å². The summed E-state index contributed by atoms with van der Waals surface area (Å²) in [5.74, 6) is 0.810. The first-order valence-electron chi connectivity index (χ1n) is 10.5. The Bertz CT molecular complexity index is 739. The van der Waals surface area contributed by atoms with Gasteiger partial charge in [0.25, 0.3) is 0 Å². The third kappa shape index (κ3) is 7.26. The van der Waals surface area contributed by atoms with E-state index in [4.69, 9.17) is 4.74 Å². The summed E-state index contributed by atoms with van der Waals surface area (Å²) in [7, 11) is 1.69. The van der Waals surface area contributed by atoms with Gasteiger partial charge in [0.15, 0.2) is 0 Å². The lowest BCUT2D eigenvalue weighted by Crippen LogP contribution is -1.89. The first-order chi connectivity index (χ1) is 13.8. The largest absolute Gasteiger partial charge is 0.494 e. The van der Waals surface area contributed by atoms with E-state index >= 15 is 0 Å². The first-order valence-corrected chi connectivity index (χ1v) is 10.5. The molecular formula is C24H35N3O. The molecule has 0 fully saturated rings. The van der Waals surface area contributed by atoms with Gasteiger partial charge in [-0.1, -0.05) is 37.8 Å². The SMILES string of the molecule is C=CCCCCCCCCc1ccc(-c2cc(OC)c(C=NCCC=C)[nH]2)[nH]1. The van der Waals surface area contributed by atoms with E-state index in [0.717, 1.165) is 48.6 Å². The van der Waals surface area contributed by atoms with Crippen LogP contribution in [0.3, 0.4) is 0 Å². The summed E-state index contributed by atoms with van der Waals surface area (Å²) in [5.41, 5.74) is 4.30. The first kappa shape index (κ1) is 21.8. The minimum Gasteiger partial charge on any atom is -0.494 e. The van der Waals surface area contributed by atoms with Gasteiger partial charge in [0.1, 0.15) is 5.75 Å². The highest BCUT2D eigenvalue weighted by atomic mass is 16.5. The Morgan fingerprint density at radius 3 is 2.43 bits per heavy atom. The number of aryl methyl sites for hydroxylation is 1. The minimum absolute atomic E-state index is 0.738. The number of rotatable bonds is 15. The Morgan fingerprint density at radius 2 is 1.68 bits per heavy atom. The molecule has 4 heteroatoms. The highest BCUT2D eigenvalue weighted by molar-refractivity contribution is 5.83. The molecule has 0 bridgehead atoms. The number of aromatic amines is 2. The van der Waals surface area contributed by atoms with Gasteiger partial charge in [-0.15, -0.1) is 13.2 Å². The molecule has 2 aromatic heterocycles. The number of H-pyrrole nitrogens is 2. The van der Waals surface area contributed by atoms with E-state index in [1.165, 1.54) is 44.2 Å². The normalized spacial score (nSPS) is 11.2. The van der Waals surface area contributed by atoms with E-state index in [1.54, 1.807) is 7.11 Å². The van der Waals surface area contributed by atoms with Gasteiger partial charge in [-0.3, -0.25) is 4.99 Å². The lowest BCUT2D eigenvalue weighted by molar-refractivity contribution is 0.415. The van der Waals surface area contributed by atoms with Gasteiger partial charge in [0.05, 0.1) is 24.2 Å². The van der Waals surface area contributed by atoms with Crippen molar-refractivity contribution in [3.63, 3.8) is 0 Å². The van der Waals surface area contributed by atoms with E-state index < -0.39 is 0 Å². The maximum atomic E-state index is 5.48. The molecule has 0 saturated heterocycles. The van der Waals surface area contributed by atoms with Crippen molar-refractivity contribution in [2.75, 3.05) is 13.7 Å². The van der Waals surface area contributed by atoms with Crippen molar-refractivity contribution >= 4 is 6.21 Å². The van der Waals surface area contributed by atoms with Gasteiger partial charge in [0.2, 0.25) is 0 Å². The van der Waals surface area contributed by atoms with Gasteiger partial charge >= 0.3 is 0 Å². The van der Waals surface area contributed by atoms with Crippen LogP contribution in [0.5, 0.6) is 5.75 Å². The highest BCUT2D eigenvalue weighted by Gasteiger charge is 2.10. The van der Waals surface area contributed by atoms with Crippen LogP contribution in [0.15, 0.2) is 48.5 Å². The molecule has 2 heterocycles. The van der Waals surface area contributed by atoms with Crippen LogP contribution in [0.4, 0.5) is 0 Å². The number of aromatic nitrogens is 2. The quantitative estimate of drug-likeness (QED) is 0.207. The van der Waals surface area contributed by atoms with Crippen molar-refractivity contribution in [3.05, 3.63) is 54.9 Å². The van der Waals surface area contributed by atoms with Gasteiger partial charge in [-0.2, -0.15) is 0 Å². The van der Waals surface area contributed by atoms with Crippen LogP contribution in [-0.2, 0) is 6.42 Å². The zero-order valence-electron chi connectivity index (χ0n) is 17.3. The summed E-state index contributed by atoms with van der Waals surface area (Å²) >= 11 is 0. The number of aliphatic imine (C=N–C) groups is 1. The molecule has 28 heavy (non-hydrogen) atoms.